The summed E-state index contributed by atoms with van der Waals surface area (Å²) in [5.41, 5.74) is 2.45. The summed E-state index contributed by atoms with van der Waals surface area (Å²) >= 11 is 0. The number of nitrogens with one attached hydrogen (secondary N) is 2. The number of benzene rings is 2. The number of rotatable bonds is 10. The van der Waals surface area contributed by atoms with Crippen molar-refractivity contribution >= 4 is 27.6 Å². The molecule has 40 heavy (non-hydrogen) atoms. The fourth-order valence-corrected chi connectivity index (χ4v) is 5.39. The Morgan fingerprint density at radius 3 is 2.52 bits per heavy atom. The van der Waals surface area contributed by atoms with Gasteiger partial charge >= 0.3 is 5.97 Å². The molecule has 2 aromatic heterocycles. The minimum absolute atomic E-state index is 0.0402. The van der Waals surface area contributed by atoms with Crippen molar-refractivity contribution < 1.29 is 32.3 Å². The van der Waals surface area contributed by atoms with E-state index in [-0.39, 0.29) is 45.3 Å². The number of aryl methyl sites for hydroxylation is 2. The molecule has 1 amide bonds. The van der Waals surface area contributed by atoms with Crippen LogP contribution in [-0.2, 0) is 10.0 Å². The lowest BCUT2D eigenvalue weighted by Gasteiger charge is -2.18. The van der Waals surface area contributed by atoms with E-state index in [4.69, 9.17) is 9.15 Å². The number of hydrogen-bond acceptors (Lipinski definition) is 7. The van der Waals surface area contributed by atoms with Crippen molar-refractivity contribution in [3.63, 3.8) is 0 Å². The summed E-state index contributed by atoms with van der Waals surface area (Å²) in [4.78, 5) is 24.2. The van der Waals surface area contributed by atoms with Crippen molar-refractivity contribution in [3.8, 4) is 17.3 Å². The number of furan rings is 1. The molecular weight excluding hydrogens is 536 g/mol. The maximum atomic E-state index is 13.5. The molecule has 0 saturated heterocycles. The Morgan fingerprint density at radius 1 is 1.12 bits per heavy atom. The fraction of sp³-hybridized carbons (Fsp3) is 0.250. The van der Waals surface area contributed by atoms with Gasteiger partial charge in [-0.05, 0) is 81.6 Å². The number of ether oxygens (including phenoxy) is 1. The maximum absolute atomic E-state index is 13.5. The van der Waals surface area contributed by atoms with Crippen molar-refractivity contribution in [1.82, 2.24) is 14.5 Å². The number of amides is 1. The van der Waals surface area contributed by atoms with Gasteiger partial charge in [-0.1, -0.05) is 19.1 Å². The third-order valence-corrected chi connectivity index (χ3v) is 7.89. The zero-order valence-electron chi connectivity index (χ0n) is 22.7. The fourth-order valence-electron chi connectivity index (χ4n) is 3.91. The number of carboxylic acid groups (broad SMARTS) is 1. The van der Waals surface area contributed by atoms with Crippen molar-refractivity contribution in [2.45, 2.75) is 52.0 Å². The van der Waals surface area contributed by atoms with E-state index in [9.17, 15) is 23.1 Å². The molecule has 4 aromatic rings. The number of carbonyl (C=O) groups is 2. The smallest absolute Gasteiger partial charge is 0.356 e. The van der Waals surface area contributed by atoms with Gasteiger partial charge in [0.15, 0.2) is 11.5 Å². The second kappa shape index (κ2) is 11.4. The molecule has 0 aliphatic rings. The molecule has 210 valence electrons. The van der Waals surface area contributed by atoms with Gasteiger partial charge in [-0.15, -0.1) is 0 Å². The number of aromatic nitrogens is 2. The van der Waals surface area contributed by atoms with Gasteiger partial charge in [0.2, 0.25) is 15.9 Å². The summed E-state index contributed by atoms with van der Waals surface area (Å²) in [7, 11) is -4.14. The van der Waals surface area contributed by atoms with Gasteiger partial charge in [-0.3, -0.25) is 4.79 Å². The first-order valence-electron chi connectivity index (χ1n) is 12.5. The summed E-state index contributed by atoms with van der Waals surface area (Å²) in [6.07, 6.45) is 1.88. The van der Waals surface area contributed by atoms with Crippen molar-refractivity contribution in [1.29, 1.82) is 0 Å². The van der Waals surface area contributed by atoms with Crippen LogP contribution >= 0.6 is 0 Å². The molecule has 2 heterocycles. The third kappa shape index (κ3) is 5.92. The van der Waals surface area contributed by atoms with Crippen LogP contribution < -0.4 is 14.8 Å². The molecule has 0 spiro atoms. The highest BCUT2D eigenvalue weighted by atomic mass is 32.2. The lowest BCUT2D eigenvalue weighted by Crippen LogP contribution is -2.32. The number of carboxylic acids is 1. The normalized spacial score (nSPS) is 12.2. The van der Waals surface area contributed by atoms with E-state index in [1.807, 2.05) is 39.0 Å². The van der Waals surface area contributed by atoms with Crippen molar-refractivity contribution in [2.24, 2.45) is 0 Å². The number of sulfonamides is 1. The quantitative estimate of drug-likeness (QED) is 0.236. The Kier molecular flexibility index (Phi) is 8.12. The van der Waals surface area contributed by atoms with Gasteiger partial charge in [0.05, 0.1) is 12.0 Å². The van der Waals surface area contributed by atoms with Crippen molar-refractivity contribution in [2.75, 3.05) is 5.32 Å². The Labute approximate surface area is 231 Å². The topological polar surface area (TPSA) is 153 Å². The molecule has 0 unspecified atom stereocenters. The molecule has 1 atom stereocenters. The van der Waals surface area contributed by atoms with E-state index in [1.165, 1.54) is 42.1 Å². The number of carbonyl (C=O) groups excluding carboxylic acids is 1. The minimum atomic E-state index is -4.14. The van der Waals surface area contributed by atoms with Crippen LogP contribution in [0.15, 0.2) is 64.1 Å². The molecule has 0 bridgehead atoms. The molecule has 4 rings (SSSR count). The van der Waals surface area contributed by atoms with Crippen LogP contribution in [-0.4, -0.2) is 41.2 Å². The Balaban J connectivity index is 1.85. The van der Waals surface area contributed by atoms with Gasteiger partial charge in [0.1, 0.15) is 10.6 Å². The van der Waals surface area contributed by atoms with Crippen molar-refractivity contribution in [3.05, 3.63) is 82.9 Å². The number of nitrogens with zero attached hydrogens (tertiary/aromatic N) is 2. The largest absolute Gasteiger partial charge is 0.476 e. The first kappa shape index (κ1) is 28.6. The van der Waals surface area contributed by atoms with Crippen LogP contribution in [0, 0.1) is 20.8 Å². The number of hydrogen-bond donors (Lipinski definition) is 3. The number of anilines is 1. The van der Waals surface area contributed by atoms with Gasteiger partial charge in [0, 0.05) is 17.3 Å². The van der Waals surface area contributed by atoms with Gasteiger partial charge in [0.25, 0.3) is 5.91 Å². The van der Waals surface area contributed by atoms with E-state index in [0.29, 0.717) is 12.1 Å². The van der Waals surface area contributed by atoms with Crippen LogP contribution in [0.3, 0.4) is 0 Å². The number of aromatic carboxylic acids is 1. The lowest BCUT2D eigenvalue weighted by molar-refractivity contribution is 0.0689. The third-order valence-electron chi connectivity index (χ3n) is 6.28. The molecular formula is C28H30N4O7S. The Morgan fingerprint density at radius 2 is 1.88 bits per heavy atom. The maximum Gasteiger partial charge on any atom is 0.356 e. The Bertz CT molecular complexity index is 1670. The first-order valence-corrected chi connectivity index (χ1v) is 14.0. The first-order chi connectivity index (χ1) is 18.9. The molecule has 2 aromatic carbocycles. The highest BCUT2D eigenvalue weighted by Gasteiger charge is 2.28. The average Bonchev–Trinajstić information content (AvgIpc) is 3.55. The van der Waals surface area contributed by atoms with E-state index >= 15 is 0 Å². The highest BCUT2D eigenvalue weighted by molar-refractivity contribution is 7.89. The molecule has 0 fully saturated rings. The van der Waals surface area contributed by atoms with Crippen LogP contribution in [0.5, 0.6) is 11.6 Å². The van der Waals surface area contributed by atoms with Gasteiger partial charge < -0.3 is 19.6 Å². The van der Waals surface area contributed by atoms with Crippen LogP contribution in [0.4, 0.5) is 5.69 Å². The zero-order chi connectivity index (χ0) is 29.2. The second-order valence-corrected chi connectivity index (χ2v) is 11.1. The van der Waals surface area contributed by atoms with Crippen LogP contribution in [0.2, 0.25) is 0 Å². The van der Waals surface area contributed by atoms with E-state index in [2.05, 4.69) is 15.1 Å². The second-order valence-electron chi connectivity index (χ2n) is 9.41. The standard InChI is InChI=1S/C28H30N4O7S/c1-6-18(4)31-40(36,37)24-15-20(29-26(33)23-8-7-13-38-23)11-12-22(24)39-27-19(5)25(28(34)35)30-32(27)21-14-16(2)9-10-17(21)3/h7-15,18,31H,6H2,1-5H3,(H,29,33)(H,34,35)/t18-/m0/s1. The monoisotopic (exact) mass is 566 g/mol. The molecule has 0 radical (unpaired) electrons. The van der Waals surface area contributed by atoms with E-state index in [1.54, 1.807) is 13.0 Å². The summed E-state index contributed by atoms with van der Waals surface area (Å²) in [5.74, 6) is -1.81. The summed E-state index contributed by atoms with van der Waals surface area (Å²) < 4.78 is 42.2. The summed E-state index contributed by atoms with van der Waals surface area (Å²) in [5, 5.41) is 16.7. The predicted octanol–water partition coefficient (Wildman–Crippen LogP) is 5.21. The molecule has 11 nitrogen and oxygen atoms in total. The lowest BCUT2D eigenvalue weighted by atomic mass is 10.1. The predicted molar refractivity (Wildman–Crippen MR) is 148 cm³/mol. The van der Waals surface area contributed by atoms with Crippen LogP contribution in [0.25, 0.3) is 5.69 Å². The molecule has 0 saturated carbocycles. The zero-order valence-corrected chi connectivity index (χ0v) is 23.5. The average molecular weight is 567 g/mol. The van der Waals surface area contributed by atoms with E-state index in [0.717, 1.165) is 11.1 Å². The Hall–Kier alpha value is -4.42. The van der Waals surface area contributed by atoms with Gasteiger partial charge in [-0.25, -0.2) is 17.9 Å². The minimum Gasteiger partial charge on any atom is -0.476 e. The molecule has 3 N–H and O–H groups in total. The SMILES string of the molecule is CC[C@H](C)NS(=O)(=O)c1cc(NC(=O)c2ccco2)ccc1Oc1c(C)c(C(=O)O)nn1-c1cc(C)ccc1C. The van der Waals surface area contributed by atoms with Gasteiger partial charge in [-0.2, -0.15) is 9.78 Å². The molecule has 0 aliphatic heterocycles. The summed E-state index contributed by atoms with van der Waals surface area (Å²) in [6.45, 7) is 8.83. The summed E-state index contributed by atoms with van der Waals surface area (Å²) in [6, 6.07) is 12.4. The van der Waals surface area contributed by atoms with Crippen LogP contribution in [0.1, 0.15) is 58.0 Å². The molecule has 0 aliphatic carbocycles. The highest BCUT2D eigenvalue weighted by Crippen LogP contribution is 2.36. The molecule has 12 heteroatoms. The van der Waals surface area contributed by atoms with E-state index < -0.39 is 21.9 Å².